The maximum Gasteiger partial charge on any atom is 0.356 e. The average molecular weight is 407 g/mol. The molecule has 0 aromatic carbocycles. The number of nitrogens with zero attached hydrogens (tertiary/aromatic N) is 2. The average Bonchev–Trinajstić information content (AvgIpc) is 2.50. The van der Waals surface area contributed by atoms with Crippen molar-refractivity contribution in [1.29, 1.82) is 5.26 Å². The molecule has 0 radical (unpaired) electrons. The third kappa shape index (κ3) is 4.39. The predicted molar refractivity (Wildman–Crippen MR) is 88.6 cm³/mol. The van der Waals surface area contributed by atoms with Gasteiger partial charge in [0.25, 0.3) is 5.91 Å². The topological polar surface area (TPSA) is 154 Å². The van der Waals surface area contributed by atoms with Crippen molar-refractivity contribution < 1.29 is 32.1 Å². The van der Waals surface area contributed by atoms with E-state index in [1.165, 1.54) is 0 Å². The molecule has 2 atom stereocenters. The van der Waals surface area contributed by atoms with Gasteiger partial charge in [0.1, 0.15) is 11.4 Å². The number of hydrogen-bond acceptors (Lipinski definition) is 9. The van der Waals surface area contributed by atoms with E-state index in [9.17, 15) is 27.9 Å². The van der Waals surface area contributed by atoms with E-state index in [4.69, 9.17) is 5.26 Å². The van der Waals surface area contributed by atoms with Crippen LogP contribution in [0.2, 0.25) is 0 Å². The minimum absolute atomic E-state index is 0.00120. The van der Waals surface area contributed by atoms with Crippen LogP contribution in [0.3, 0.4) is 0 Å². The molecule has 0 spiro atoms. The third-order valence-corrected chi connectivity index (χ3v) is 5.66. The van der Waals surface area contributed by atoms with Crippen LogP contribution in [0.5, 0.6) is 0 Å². The van der Waals surface area contributed by atoms with E-state index in [-0.39, 0.29) is 23.0 Å². The number of carbonyl (C=O) groups is 3. The number of nitriles is 1. The van der Waals surface area contributed by atoms with Gasteiger partial charge in [0, 0.05) is 0 Å². The quantitative estimate of drug-likeness (QED) is 0.302. The van der Waals surface area contributed by atoms with Crippen LogP contribution < -0.4 is 5.32 Å². The van der Waals surface area contributed by atoms with Crippen molar-refractivity contribution in [2.45, 2.75) is 11.4 Å². The Morgan fingerprint density at radius 1 is 1.56 bits per heavy atom. The van der Waals surface area contributed by atoms with Crippen molar-refractivity contribution in [3.8, 4) is 6.07 Å². The Balaban J connectivity index is 2.12. The summed E-state index contributed by atoms with van der Waals surface area (Å²) in [4.78, 5) is 36.3. The summed E-state index contributed by atoms with van der Waals surface area (Å²) >= 11 is 2.17. The Bertz CT molecular complexity index is 786. The normalized spacial score (nSPS) is 22.6. The van der Waals surface area contributed by atoms with Crippen molar-refractivity contribution in [2.24, 2.45) is 0 Å². The van der Waals surface area contributed by atoms with Gasteiger partial charge in [-0.3, -0.25) is 14.5 Å². The lowest BCUT2D eigenvalue weighted by atomic mass is 10.0. The molecule has 136 valence electrons. The van der Waals surface area contributed by atoms with Gasteiger partial charge in [-0.15, -0.1) is 23.5 Å². The highest BCUT2D eigenvalue weighted by molar-refractivity contribution is 8.00. The van der Waals surface area contributed by atoms with Crippen molar-refractivity contribution in [3.63, 3.8) is 0 Å². The number of carboxylic acid groups (broad SMARTS) is 1. The smallest absolute Gasteiger partial charge is 0.356 e. The number of amides is 2. The zero-order valence-electron chi connectivity index (χ0n) is 12.8. The van der Waals surface area contributed by atoms with Gasteiger partial charge in [0.2, 0.25) is 5.91 Å². The fourth-order valence-corrected chi connectivity index (χ4v) is 4.54. The van der Waals surface area contributed by atoms with Crippen LogP contribution in [0.4, 0.5) is 0 Å². The number of fused-ring (bicyclic) bond motifs is 1. The largest absolute Gasteiger partial charge is 0.476 e. The van der Waals surface area contributed by atoms with E-state index in [0.717, 1.165) is 34.7 Å². The van der Waals surface area contributed by atoms with Gasteiger partial charge < -0.3 is 14.6 Å². The lowest BCUT2D eigenvalue weighted by Gasteiger charge is -2.48. The first-order valence-electron chi connectivity index (χ1n) is 6.70. The molecule has 0 aliphatic carbocycles. The van der Waals surface area contributed by atoms with E-state index >= 15 is 0 Å². The molecule has 1 saturated heterocycles. The van der Waals surface area contributed by atoms with Gasteiger partial charge in [-0.2, -0.15) is 13.7 Å². The predicted octanol–water partition coefficient (Wildman–Crippen LogP) is -1.08. The molecule has 13 heteroatoms. The van der Waals surface area contributed by atoms with Crippen molar-refractivity contribution in [3.05, 3.63) is 11.5 Å². The van der Waals surface area contributed by atoms with Gasteiger partial charge >= 0.3 is 16.1 Å². The summed E-state index contributed by atoms with van der Waals surface area (Å²) in [6, 6.07) is 0.961. The molecule has 2 rings (SSSR count). The van der Waals surface area contributed by atoms with E-state index in [0.29, 0.717) is 0 Å². The molecule has 0 saturated carbocycles. The molecule has 2 aliphatic rings. The molecule has 0 aromatic heterocycles. The van der Waals surface area contributed by atoms with Crippen LogP contribution >= 0.6 is 23.5 Å². The van der Waals surface area contributed by atoms with Crippen molar-refractivity contribution in [1.82, 2.24) is 10.2 Å². The Hall–Kier alpha value is -1.91. The first-order chi connectivity index (χ1) is 11.7. The number of carbonyl (C=O) groups excluding carboxylic acids is 2. The van der Waals surface area contributed by atoms with Crippen molar-refractivity contribution in [2.75, 3.05) is 23.5 Å². The molecule has 10 nitrogen and oxygen atoms in total. The van der Waals surface area contributed by atoms with Gasteiger partial charge in [-0.05, 0) is 0 Å². The molecule has 2 heterocycles. The van der Waals surface area contributed by atoms with E-state index in [1.54, 1.807) is 0 Å². The summed E-state index contributed by atoms with van der Waals surface area (Å²) in [6.45, 7) is 0. The molecule has 1 unspecified atom stereocenters. The zero-order valence-corrected chi connectivity index (χ0v) is 15.2. The highest BCUT2D eigenvalue weighted by Gasteiger charge is 2.55. The molecule has 0 aromatic rings. The molecule has 2 aliphatic heterocycles. The van der Waals surface area contributed by atoms with Crippen LogP contribution in [0.1, 0.15) is 0 Å². The minimum Gasteiger partial charge on any atom is -0.476 e. The first-order valence-corrected chi connectivity index (χ1v) is 10.7. The molecule has 0 bridgehead atoms. The summed E-state index contributed by atoms with van der Waals surface area (Å²) in [5.41, 5.74) is -0.538. The standard InChI is InChI=1S/C12H13N3O7S3/c1-25(20,21)22-6-4-24-11-8(14-7(16)5-23-3-2-13)10(17)15(11)9(6)12(18)19/h8,11H,3-5H2,1H3,(H,14,16)(H,18,19)/t8?,11-/m1/s1. The monoisotopic (exact) mass is 407 g/mol. The summed E-state index contributed by atoms with van der Waals surface area (Å²) in [5.74, 6) is -2.88. The molecule has 2 N–H and O–H groups in total. The Labute approximate surface area is 151 Å². The highest BCUT2D eigenvalue weighted by Crippen LogP contribution is 2.40. The maximum absolute atomic E-state index is 12.2. The highest BCUT2D eigenvalue weighted by atomic mass is 32.2. The zero-order chi connectivity index (χ0) is 18.8. The summed E-state index contributed by atoms with van der Waals surface area (Å²) < 4.78 is 27.2. The number of thioether (sulfide) groups is 2. The van der Waals surface area contributed by atoms with E-state index in [1.807, 2.05) is 6.07 Å². The second-order valence-electron chi connectivity index (χ2n) is 4.97. The Kier molecular flexibility index (Phi) is 5.86. The molecule has 2 amide bonds. The fourth-order valence-electron chi connectivity index (χ4n) is 2.24. The number of aliphatic carboxylic acids is 1. The number of hydrogen-bond donors (Lipinski definition) is 2. The van der Waals surface area contributed by atoms with E-state index in [2.05, 4.69) is 9.50 Å². The van der Waals surface area contributed by atoms with Crippen LogP contribution in [-0.2, 0) is 28.7 Å². The SMILES string of the molecule is CS(=O)(=O)OC1=C(C(=O)O)N2C(=O)C(NC(=O)CSCC#N)[C@H]2SC1. The van der Waals surface area contributed by atoms with Crippen LogP contribution in [-0.4, -0.2) is 71.1 Å². The molecule has 1 fully saturated rings. The van der Waals surface area contributed by atoms with Gasteiger partial charge in [-0.25, -0.2) is 4.79 Å². The Morgan fingerprint density at radius 3 is 2.80 bits per heavy atom. The molecular weight excluding hydrogens is 394 g/mol. The number of rotatable bonds is 7. The van der Waals surface area contributed by atoms with Crippen LogP contribution in [0, 0.1) is 11.3 Å². The Morgan fingerprint density at radius 2 is 2.24 bits per heavy atom. The second kappa shape index (κ2) is 7.54. The van der Waals surface area contributed by atoms with Gasteiger partial charge in [0.15, 0.2) is 11.5 Å². The lowest BCUT2D eigenvalue weighted by molar-refractivity contribution is -0.150. The first kappa shape index (κ1) is 19.4. The maximum atomic E-state index is 12.2. The molecule has 25 heavy (non-hydrogen) atoms. The number of nitrogens with one attached hydrogen (secondary N) is 1. The van der Waals surface area contributed by atoms with Crippen LogP contribution in [0.25, 0.3) is 0 Å². The second-order valence-corrected chi connectivity index (χ2v) is 8.64. The molecular formula is C12H13N3O7S3. The fraction of sp³-hybridized carbons (Fsp3) is 0.500. The minimum atomic E-state index is -3.94. The van der Waals surface area contributed by atoms with Gasteiger partial charge in [0.05, 0.1) is 29.6 Å². The summed E-state index contributed by atoms with van der Waals surface area (Å²) in [7, 11) is -3.94. The third-order valence-electron chi connectivity index (χ3n) is 3.10. The summed E-state index contributed by atoms with van der Waals surface area (Å²) in [6.07, 6.45) is 0.774. The van der Waals surface area contributed by atoms with E-state index < -0.39 is 45.0 Å². The summed E-state index contributed by atoms with van der Waals surface area (Å²) in [5, 5.41) is 19.6. The number of β-lactam (4-membered cyclic amide) rings is 1. The van der Waals surface area contributed by atoms with Crippen LogP contribution in [0.15, 0.2) is 11.5 Å². The number of carboxylic acids is 1. The van der Waals surface area contributed by atoms with Gasteiger partial charge in [-0.1, -0.05) is 0 Å². The lowest BCUT2D eigenvalue weighted by Crippen LogP contribution is -2.70. The van der Waals surface area contributed by atoms with Crippen molar-refractivity contribution >= 4 is 51.4 Å².